The van der Waals surface area contributed by atoms with Gasteiger partial charge in [0.05, 0.1) is 12.7 Å². The van der Waals surface area contributed by atoms with Crippen molar-refractivity contribution in [3.8, 4) is 0 Å². The number of imidazole rings is 1. The minimum absolute atomic E-state index is 0.0337. The van der Waals surface area contributed by atoms with Crippen LogP contribution in [0.3, 0.4) is 0 Å². The van der Waals surface area contributed by atoms with E-state index in [2.05, 4.69) is 31.0 Å². The van der Waals surface area contributed by atoms with E-state index < -0.39 is 10.0 Å². The van der Waals surface area contributed by atoms with Crippen molar-refractivity contribution in [2.45, 2.75) is 41.9 Å². The summed E-state index contributed by atoms with van der Waals surface area (Å²) in [7, 11) is -1.89. The van der Waals surface area contributed by atoms with Gasteiger partial charge in [-0.25, -0.2) is 13.4 Å². The molecule has 0 spiro atoms. The SMILES string of the molecule is CC(C)Sc1ccc(CC(=O)N2CCCN(S(=O)(=O)c3cn(C)cn3)CC2)cc1. The zero-order valence-electron chi connectivity index (χ0n) is 17.1. The number of nitrogens with zero attached hydrogens (tertiary/aromatic N) is 4. The van der Waals surface area contributed by atoms with E-state index >= 15 is 0 Å². The van der Waals surface area contributed by atoms with E-state index in [1.165, 1.54) is 21.7 Å². The second-order valence-electron chi connectivity index (χ2n) is 7.50. The number of carbonyl (C=O) groups is 1. The molecule has 0 unspecified atom stereocenters. The van der Waals surface area contributed by atoms with Gasteiger partial charge in [0.15, 0.2) is 5.03 Å². The van der Waals surface area contributed by atoms with E-state index in [0.29, 0.717) is 37.7 Å². The van der Waals surface area contributed by atoms with Crippen molar-refractivity contribution >= 4 is 27.7 Å². The summed E-state index contributed by atoms with van der Waals surface area (Å²) in [6.45, 7) is 5.94. The van der Waals surface area contributed by atoms with Gasteiger partial charge < -0.3 is 9.47 Å². The Kier molecular flexibility index (Phi) is 7.02. The number of hydrogen-bond donors (Lipinski definition) is 0. The molecule has 0 N–H and O–H groups in total. The van der Waals surface area contributed by atoms with E-state index in [4.69, 9.17) is 0 Å². The topological polar surface area (TPSA) is 75.5 Å². The molecule has 2 heterocycles. The first-order valence-corrected chi connectivity index (χ1v) is 12.1. The highest BCUT2D eigenvalue weighted by atomic mass is 32.2. The third-order valence-electron chi connectivity index (χ3n) is 4.74. The molecule has 158 valence electrons. The number of carbonyl (C=O) groups excluding carboxylic acids is 1. The van der Waals surface area contributed by atoms with Gasteiger partial charge in [0.1, 0.15) is 0 Å². The Balaban J connectivity index is 1.59. The molecule has 1 aromatic heterocycles. The van der Waals surface area contributed by atoms with Crippen LogP contribution in [0.5, 0.6) is 0 Å². The molecule has 0 bridgehead atoms. The molecular weight excluding hydrogens is 408 g/mol. The highest BCUT2D eigenvalue weighted by Crippen LogP contribution is 2.23. The minimum atomic E-state index is -3.63. The summed E-state index contributed by atoms with van der Waals surface area (Å²) in [4.78, 5) is 19.7. The summed E-state index contributed by atoms with van der Waals surface area (Å²) >= 11 is 1.79. The summed E-state index contributed by atoms with van der Waals surface area (Å²) in [5.41, 5.74) is 0.977. The monoisotopic (exact) mass is 436 g/mol. The molecule has 2 aromatic rings. The summed E-state index contributed by atoms with van der Waals surface area (Å²) in [5.74, 6) is 0.0337. The largest absolute Gasteiger partial charge is 0.341 e. The maximum atomic E-state index is 12.8. The molecule has 0 atom stereocenters. The van der Waals surface area contributed by atoms with Crippen LogP contribution < -0.4 is 0 Å². The number of hydrogen-bond acceptors (Lipinski definition) is 5. The molecule has 1 saturated heterocycles. The number of amides is 1. The standard InChI is InChI=1S/C20H28N4O3S2/c1-16(2)28-18-7-5-17(6-8-18)13-20(25)23-9-4-10-24(12-11-23)29(26,27)19-14-22(3)15-21-19/h5-8,14-16H,4,9-13H2,1-3H3. The number of sulfonamides is 1. The number of aryl methyl sites for hydroxylation is 1. The molecule has 3 rings (SSSR count). The smallest absolute Gasteiger partial charge is 0.262 e. The van der Waals surface area contributed by atoms with Crippen LogP contribution in [0.2, 0.25) is 0 Å². The lowest BCUT2D eigenvalue weighted by atomic mass is 10.1. The fourth-order valence-electron chi connectivity index (χ4n) is 3.28. The van der Waals surface area contributed by atoms with Crippen LogP contribution in [0.1, 0.15) is 25.8 Å². The first-order valence-electron chi connectivity index (χ1n) is 9.77. The Bertz CT molecular complexity index is 939. The van der Waals surface area contributed by atoms with Gasteiger partial charge in [-0.3, -0.25) is 4.79 Å². The van der Waals surface area contributed by atoms with Crippen LogP contribution in [-0.2, 0) is 28.3 Å². The summed E-state index contributed by atoms with van der Waals surface area (Å²) < 4.78 is 28.6. The molecule has 1 aliphatic heterocycles. The van der Waals surface area contributed by atoms with Crippen molar-refractivity contribution in [3.05, 3.63) is 42.4 Å². The fraction of sp³-hybridized carbons (Fsp3) is 0.500. The maximum Gasteiger partial charge on any atom is 0.262 e. The first kappa shape index (κ1) is 21.9. The van der Waals surface area contributed by atoms with Gasteiger partial charge in [0.2, 0.25) is 5.91 Å². The number of aromatic nitrogens is 2. The third-order valence-corrected chi connectivity index (χ3v) is 7.54. The van der Waals surface area contributed by atoms with Crippen LogP contribution >= 0.6 is 11.8 Å². The van der Waals surface area contributed by atoms with Crippen LogP contribution in [0.15, 0.2) is 46.7 Å². The third kappa shape index (κ3) is 5.61. The van der Waals surface area contributed by atoms with Gasteiger partial charge in [0.25, 0.3) is 10.0 Å². The molecule has 0 saturated carbocycles. The van der Waals surface area contributed by atoms with Crippen molar-refractivity contribution < 1.29 is 13.2 Å². The molecule has 1 aliphatic rings. The molecule has 9 heteroatoms. The molecule has 1 amide bonds. The Morgan fingerprint density at radius 3 is 2.48 bits per heavy atom. The Labute approximate surface area is 177 Å². The van der Waals surface area contributed by atoms with Crippen molar-refractivity contribution in [2.75, 3.05) is 26.2 Å². The zero-order chi connectivity index (χ0) is 21.0. The Morgan fingerprint density at radius 2 is 1.86 bits per heavy atom. The fourth-order valence-corrected chi connectivity index (χ4v) is 5.56. The first-order chi connectivity index (χ1) is 13.8. The van der Waals surface area contributed by atoms with Gasteiger partial charge in [0, 0.05) is 49.6 Å². The predicted octanol–water partition coefficient (Wildman–Crippen LogP) is 2.39. The second-order valence-corrected chi connectivity index (χ2v) is 11.0. The molecule has 0 radical (unpaired) electrons. The summed E-state index contributed by atoms with van der Waals surface area (Å²) in [5, 5.41) is 0.573. The Morgan fingerprint density at radius 1 is 1.14 bits per heavy atom. The zero-order valence-corrected chi connectivity index (χ0v) is 18.7. The van der Waals surface area contributed by atoms with Gasteiger partial charge in [-0.2, -0.15) is 4.31 Å². The van der Waals surface area contributed by atoms with Crippen molar-refractivity contribution in [1.82, 2.24) is 18.8 Å². The number of rotatable bonds is 6. The van der Waals surface area contributed by atoms with Crippen LogP contribution in [0.25, 0.3) is 0 Å². The highest BCUT2D eigenvalue weighted by Gasteiger charge is 2.29. The predicted molar refractivity (Wildman–Crippen MR) is 114 cm³/mol. The molecule has 1 fully saturated rings. The van der Waals surface area contributed by atoms with E-state index in [1.807, 2.05) is 12.1 Å². The Hall–Kier alpha value is -1.84. The molecule has 0 aliphatic carbocycles. The lowest BCUT2D eigenvalue weighted by Gasteiger charge is -2.21. The van der Waals surface area contributed by atoms with Gasteiger partial charge >= 0.3 is 0 Å². The number of thioether (sulfide) groups is 1. The average Bonchev–Trinajstić information content (AvgIpc) is 2.95. The molecule has 1 aromatic carbocycles. The van der Waals surface area contributed by atoms with Crippen molar-refractivity contribution in [2.24, 2.45) is 7.05 Å². The van der Waals surface area contributed by atoms with E-state index in [1.54, 1.807) is 28.3 Å². The van der Waals surface area contributed by atoms with Crippen LogP contribution in [-0.4, -0.2) is 64.5 Å². The van der Waals surface area contributed by atoms with E-state index in [9.17, 15) is 13.2 Å². The van der Waals surface area contributed by atoms with Gasteiger partial charge in [-0.05, 0) is 24.1 Å². The van der Waals surface area contributed by atoms with E-state index in [0.717, 1.165) is 5.56 Å². The number of benzene rings is 1. The van der Waals surface area contributed by atoms with Gasteiger partial charge in [-0.15, -0.1) is 11.8 Å². The van der Waals surface area contributed by atoms with Gasteiger partial charge in [-0.1, -0.05) is 26.0 Å². The van der Waals surface area contributed by atoms with E-state index in [-0.39, 0.29) is 17.5 Å². The normalized spacial score (nSPS) is 16.2. The molecule has 29 heavy (non-hydrogen) atoms. The highest BCUT2D eigenvalue weighted by molar-refractivity contribution is 7.99. The summed E-state index contributed by atoms with van der Waals surface area (Å²) in [6.07, 6.45) is 3.93. The lowest BCUT2D eigenvalue weighted by molar-refractivity contribution is -0.130. The second kappa shape index (κ2) is 9.32. The van der Waals surface area contributed by atoms with Crippen molar-refractivity contribution in [1.29, 1.82) is 0 Å². The quantitative estimate of drug-likeness (QED) is 0.650. The summed E-state index contributed by atoms with van der Waals surface area (Å²) in [6, 6.07) is 8.10. The van der Waals surface area contributed by atoms with Crippen LogP contribution in [0, 0.1) is 0 Å². The average molecular weight is 437 g/mol. The van der Waals surface area contributed by atoms with Crippen molar-refractivity contribution in [3.63, 3.8) is 0 Å². The molecular formula is C20H28N4O3S2. The molecule has 7 nitrogen and oxygen atoms in total. The van der Waals surface area contributed by atoms with Crippen LogP contribution in [0.4, 0.5) is 0 Å². The maximum absolute atomic E-state index is 12.8. The minimum Gasteiger partial charge on any atom is -0.341 e. The lowest BCUT2D eigenvalue weighted by Crippen LogP contribution is -2.38.